The molecule has 0 unspecified atom stereocenters. The van der Waals surface area contributed by atoms with E-state index < -0.39 is 16.1 Å². The fraction of sp³-hybridized carbons (Fsp3) is 0.174. The van der Waals surface area contributed by atoms with E-state index in [-0.39, 0.29) is 17.2 Å². The number of para-hydroxylation sites is 1. The Morgan fingerprint density at radius 3 is 2.23 bits per heavy atom. The molecular formula is C23H23BrN2O4S. The average molecular weight is 503 g/mol. The highest BCUT2D eigenvalue weighted by Gasteiger charge is 2.31. The van der Waals surface area contributed by atoms with Crippen molar-refractivity contribution >= 4 is 37.5 Å². The van der Waals surface area contributed by atoms with Gasteiger partial charge in [-0.1, -0.05) is 42.5 Å². The second-order valence-electron chi connectivity index (χ2n) is 6.86. The number of nitrogens with zero attached hydrogens (tertiary/aromatic N) is 1. The first-order valence-corrected chi connectivity index (χ1v) is 11.8. The predicted molar refractivity (Wildman–Crippen MR) is 125 cm³/mol. The summed E-state index contributed by atoms with van der Waals surface area (Å²) in [6.45, 7) is 0. The van der Waals surface area contributed by atoms with Gasteiger partial charge in [0, 0.05) is 17.9 Å². The molecule has 0 bridgehead atoms. The number of ether oxygens (including phenoxy) is 1. The van der Waals surface area contributed by atoms with E-state index in [0.29, 0.717) is 17.0 Å². The number of sulfonamides is 1. The van der Waals surface area contributed by atoms with Crippen molar-refractivity contribution in [3.05, 3.63) is 88.9 Å². The summed E-state index contributed by atoms with van der Waals surface area (Å²) >= 11 is 3.41. The maximum atomic E-state index is 13.2. The molecule has 3 aromatic carbocycles. The summed E-state index contributed by atoms with van der Waals surface area (Å²) in [5.74, 6) is 0.344. The standard InChI is InChI=1S/C23H23BrN2O4S/c1-26(31(28,29)19-8-4-3-5-9-19)22(17-12-14-18(30-2)15-13-17)16-23(27)25-21-11-7-6-10-20(21)24/h3-15,22H,16H2,1-2H3,(H,25,27)/t22-/m1/s1. The number of rotatable bonds is 8. The van der Waals surface area contributed by atoms with Gasteiger partial charge in [-0.25, -0.2) is 8.42 Å². The average Bonchev–Trinajstić information content (AvgIpc) is 2.79. The Labute approximate surface area is 191 Å². The lowest BCUT2D eigenvalue weighted by Gasteiger charge is -2.28. The van der Waals surface area contributed by atoms with Crippen LogP contribution in [-0.4, -0.2) is 32.8 Å². The largest absolute Gasteiger partial charge is 0.497 e. The van der Waals surface area contributed by atoms with Gasteiger partial charge < -0.3 is 10.1 Å². The van der Waals surface area contributed by atoms with Crippen LogP contribution in [0.1, 0.15) is 18.0 Å². The van der Waals surface area contributed by atoms with Crippen LogP contribution in [0.25, 0.3) is 0 Å². The molecule has 1 amide bonds. The van der Waals surface area contributed by atoms with Crippen LogP contribution in [0.5, 0.6) is 5.75 Å². The number of carbonyl (C=O) groups excluding carboxylic acids is 1. The van der Waals surface area contributed by atoms with Crippen LogP contribution >= 0.6 is 15.9 Å². The molecule has 1 atom stereocenters. The predicted octanol–water partition coefficient (Wildman–Crippen LogP) is 4.85. The fourth-order valence-corrected chi connectivity index (χ4v) is 4.90. The van der Waals surface area contributed by atoms with Crippen LogP contribution < -0.4 is 10.1 Å². The van der Waals surface area contributed by atoms with Gasteiger partial charge in [0.15, 0.2) is 0 Å². The Balaban J connectivity index is 1.92. The molecule has 31 heavy (non-hydrogen) atoms. The minimum Gasteiger partial charge on any atom is -0.497 e. The molecule has 3 rings (SSSR count). The van der Waals surface area contributed by atoms with E-state index in [1.807, 2.05) is 18.2 Å². The highest BCUT2D eigenvalue weighted by Crippen LogP contribution is 2.31. The van der Waals surface area contributed by atoms with Gasteiger partial charge in [-0.3, -0.25) is 4.79 Å². The molecular weight excluding hydrogens is 480 g/mol. The van der Waals surface area contributed by atoms with E-state index in [9.17, 15) is 13.2 Å². The number of hydrogen-bond acceptors (Lipinski definition) is 4. The molecule has 1 N–H and O–H groups in total. The summed E-state index contributed by atoms with van der Waals surface area (Å²) in [5.41, 5.74) is 1.31. The SMILES string of the molecule is COc1ccc([C@@H](CC(=O)Nc2ccccc2Br)N(C)S(=O)(=O)c2ccccc2)cc1. The first kappa shape index (κ1) is 23.0. The lowest BCUT2D eigenvalue weighted by molar-refractivity contribution is -0.117. The molecule has 0 spiro atoms. The molecule has 8 heteroatoms. The van der Waals surface area contributed by atoms with Gasteiger partial charge in [-0.15, -0.1) is 0 Å². The lowest BCUT2D eigenvalue weighted by atomic mass is 10.0. The monoisotopic (exact) mass is 502 g/mol. The van der Waals surface area contributed by atoms with Crippen molar-refractivity contribution in [3.8, 4) is 5.75 Å². The molecule has 0 saturated heterocycles. The minimum absolute atomic E-state index is 0.0593. The number of nitrogens with one attached hydrogen (secondary N) is 1. The van der Waals surface area contributed by atoms with E-state index in [1.165, 1.54) is 23.5 Å². The molecule has 0 aliphatic carbocycles. The summed E-state index contributed by atoms with van der Waals surface area (Å²) in [7, 11) is -0.768. The van der Waals surface area contributed by atoms with Gasteiger partial charge >= 0.3 is 0 Å². The van der Waals surface area contributed by atoms with Gasteiger partial charge in [0.05, 0.1) is 23.7 Å². The van der Waals surface area contributed by atoms with Crippen LogP contribution in [0.15, 0.2) is 88.2 Å². The van der Waals surface area contributed by atoms with Crippen LogP contribution in [0.2, 0.25) is 0 Å². The highest BCUT2D eigenvalue weighted by atomic mass is 79.9. The number of anilines is 1. The highest BCUT2D eigenvalue weighted by molar-refractivity contribution is 9.10. The molecule has 0 aromatic heterocycles. The molecule has 0 fully saturated rings. The molecule has 0 heterocycles. The van der Waals surface area contributed by atoms with E-state index in [1.54, 1.807) is 55.6 Å². The summed E-state index contributed by atoms with van der Waals surface area (Å²) in [5, 5.41) is 2.85. The third-order valence-corrected chi connectivity index (χ3v) is 7.46. The van der Waals surface area contributed by atoms with Gasteiger partial charge in [0.1, 0.15) is 5.75 Å². The fourth-order valence-electron chi connectivity index (χ4n) is 3.15. The van der Waals surface area contributed by atoms with Crippen molar-refractivity contribution in [3.63, 3.8) is 0 Å². The van der Waals surface area contributed by atoms with Crippen molar-refractivity contribution in [2.75, 3.05) is 19.5 Å². The zero-order valence-electron chi connectivity index (χ0n) is 17.2. The van der Waals surface area contributed by atoms with Crippen LogP contribution in [0.3, 0.4) is 0 Å². The zero-order chi connectivity index (χ0) is 22.4. The first-order valence-electron chi connectivity index (χ1n) is 9.54. The summed E-state index contributed by atoms with van der Waals surface area (Å²) in [6.07, 6.45) is -0.0593. The van der Waals surface area contributed by atoms with Crippen molar-refractivity contribution in [2.45, 2.75) is 17.4 Å². The summed E-state index contributed by atoms with van der Waals surface area (Å²) in [4.78, 5) is 13.0. The molecule has 3 aromatic rings. The second-order valence-corrected chi connectivity index (χ2v) is 9.71. The normalized spacial score (nSPS) is 12.4. The van der Waals surface area contributed by atoms with Gasteiger partial charge in [0.25, 0.3) is 0 Å². The molecule has 0 saturated carbocycles. The van der Waals surface area contributed by atoms with Crippen molar-refractivity contribution in [2.24, 2.45) is 0 Å². The number of hydrogen-bond donors (Lipinski definition) is 1. The Bertz CT molecular complexity index is 1140. The van der Waals surface area contributed by atoms with E-state index in [0.717, 1.165) is 4.47 Å². The maximum absolute atomic E-state index is 13.2. The number of carbonyl (C=O) groups is 1. The number of benzene rings is 3. The van der Waals surface area contributed by atoms with Gasteiger partial charge in [0.2, 0.25) is 15.9 Å². The number of methoxy groups -OCH3 is 1. The number of amides is 1. The molecule has 6 nitrogen and oxygen atoms in total. The Morgan fingerprint density at radius 2 is 1.61 bits per heavy atom. The van der Waals surface area contributed by atoms with Gasteiger partial charge in [-0.2, -0.15) is 4.31 Å². The van der Waals surface area contributed by atoms with Crippen LogP contribution in [-0.2, 0) is 14.8 Å². The summed E-state index contributed by atoms with van der Waals surface area (Å²) < 4.78 is 33.6. The molecule has 0 radical (unpaired) electrons. The Kier molecular flexibility index (Phi) is 7.48. The Morgan fingerprint density at radius 1 is 1.00 bits per heavy atom. The third-order valence-electron chi connectivity index (χ3n) is 4.89. The quantitative estimate of drug-likeness (QED) is 0.477. The lowest BCUT2D eigenvalue weighted by Crippen LogP contribution is -2.33. The van der Waals surface area contributed by atoms with E-state index >= 15 is 0 Å². The number of halogens is 1. The Hall–Kier alpha value is -2.68. The van der Waals surface area contributed by atoms with Crippen molar-refractivity contribution < 1.29 is 17.9 Å². The van der Waals surface area contributed by atoms with E-state index in [2.05, 4.69) is 21.2 Å². The molecule has 0 aliphatic rings. The van der Waals surface area contributed by atoms with Crippen molar-refractivity contribution in [1.29, 1.82) is 0 Å². The minimum atomic E-state index is -3.82. The third kappa shape index (κ3) is 5.52. The second kappa shape index (κ2) is 10.1. The van der Waals surface area contributed by atoms with Gasteiger partial charge in [-0.05, 0) is 57.9 Å². The van der Waals surface area contributed by atoms with Crippen LogP contribution in [0, 0.1) is 0 Å². The summed E-state index contributed by atoms with van der Waals surface area (Å²) in [6, 6.07) is 21.8. The first-order chi connectivity index (χ1) is 14.8. The molecule has 0 aliphatic heterocycles. The molecule has 162 valence electrons. The van der Waals surface area contributed by atoms with Crippen molar-refractivity contribution in [1.82, 2.24) is 4.31 Å². The smallest absolute Gasteiger partial charge is 0.243 e. The maximum Gasteiger partial charge on any atom is 0.243 e. The topological polar surface area (TPSA) is 75.7 Å². The van der Waals surface area contributed by atoms with E-state index in [4.69, 9.17) is 4.74 Å². The van der Waals surface area contributed by atoms with Crippen LogP contribution in [0.4, 0.5) is 5.69 Å². The zero-order valence-corrected chi connectivity index (χ0v) is 19.6.